The van der Waals surface area contributed by atoms with E-state index in [-0.39, 0.29) is 19.8 Å². The van der Waals surface area contributed by atoms with Gasteiger partial charge in [0.05, 0.1) is 0 Å². The first-order valence-corrected chi connectivity index (χ1v) is 16.9. The van der Waals surface area contributed by atoms with Crippen molar-refractivity contribution in [2.75, 3.05) is 0 Å². The number of nitrogens with zero attached hydrogens (tertiary/aromatic N) is 3. The van der Waals surface area contributed by atoms with E-state index in [0.29, 0.717) is 39.6 Å². The van der Waals surface area contributed by atoms with Crippen LogP contribution in [0.4, 0.5) is 0 Å². The molecular weight excluding hydrogens is 561 g/mol. The van der Waals surface area contributed by atoms with E-state index in [4.69, 9.17) is 6.15 Å². The molecule has 4 aromatic rings. The normalized spacial score (nSPS) is 14.2. The van der Waals surface area contributed by atoms with Gasteiger partial charge in [0.15, 0.2) is 0 Å². The fourth-order valence-corrected chi connectivity index (χ4v) is 13.6. The summed E-state index contributed by atoms with van der Waals surface area (Å²) in [7, 11) is 0. The summed E-state index contributed by atoms with van der Waals surface area (Å²) in [4.78, 5) is 13.7. The van der Waals surface area contributed by atoms with Crippen LogP contribution in [0.3, 0.4) is 0 Å². The second kappa shape index (κ2) is 10.4. The second-order valence-corrected chi connectivity index (χ2v) is 16.6. The molecule has 2 aromatic heterocycles. The Morgan fingerprint density at radius 3 is 1.86 bits per heavy atom. The fourth-order valence-electron chi connectivity index (χ4n) is 4.41. The molecule has 0 unspecified atom stereocenters. The van der Waals surface area contributed by atoms with Crippen LogP contribution in [0.25, 0.3) is 0 Å². The zero-order valence-electron chi connectivity index (χ0n) is 20.2. The van der Waals surface area contributed by atoms with Crippen LogP contribution in [0.15, 0.2) is 78.0 Å². The van der Waals surface area contributed by atoms with Crippen LogP contribution in [0.5, 0.6) is 11.5 Å². The molecule has 0 radical (unpaired) electrons. The average Bonchev–Trinajstić information content (AvgIpc) is 2.92. The van der Waals surface area contributed by atoms with Gasteiger partial charge in [-0.25, -0.2) is 0 Å². The summed E-state index contributed by atoms with van der Waals surface area (Å²) in [6.07, 6.45) is 5.05. The van der Waals surface area contributed by atoms with E-state index in [0.717, 1.165) is 12.7 Å². The van der Waals surface area contributed by atoms with E-state index in [1.807, 2.05) is 74.5 Å². The summed E-state index contributed by atoms with van der Waals surface area (Å²) in [6, 6.07) is 20.0. The predicted molar refractivity (Wildman–Crippen MR) is 140 cm³/mol. The van der Waals surface area contributed by atoms with E-state index in [1.54, 1.807) is 18.6 Å². The van der Waals surface area contributed by atoms with Crippen molar-refractivity contribution in [2.24, 2.45) is 4.99 Å². The number of aliphatic hydroxyl groups is 2. The number of hydrogen-bond acceptors (Lipinski definition) is 7. The Labute approximate surface area is 215 Å². The van der Waals surface area contributed by atoms with Gasteiger partial charge >= 0.3 is 216 Å². The SMILES string of the molecule is Cc1ncc(CO)c2c1[O][Sn]([c]1ccccc1)([c]1ccccc1)[O]c1c(C)ncc(CO)c1CN=C2. The van der Waals surface area contributed by atoms with E-state index in [2.05, 4.69) is 15.0 Å². The van der Waals surface area contributed by atoms with Crippen molar-refractivity contribution < 1.29 is 16.4 Å². The summed E-state index contributed by atoms with van der Waals surface area (Å²) < 4.78 is 16.2. The molecule has 7 nitrogen and oxygen atoms in total. The molecule has 0 bridgehead atoms. The number of aromatic nitrogens is 2. The number of pyridine rings is 2. The van der Waals surface area contributed by atoms with Crippen molar-refractivity contribution in [1.82, 2.24) is 9.97 Å². The van der Waals surface area contributed by atoms with Crippen molar-refractivity contribution in [2.45, 2.75) is 33.6 Å². The van der Waals surface area contributed by atoms with Gasteiger partial charge in [-0.15, -0.1) is 0 Å². The van der Waals surface area contributed by atoms with Crippen molar-refractivity contribution in [3.63, 3.8) is 0 Å². The number of fused-ring (bicyclic) bond motifs is 2. The summed E-state index contributed by atoms with van der Waals surface area (Å²) in [6.45, 7) is 3.68. The van der Waals surface area contributed by atoms with E-state index in [1.165, 1.54) is 0 Å². The molecule has 1 aliphatic rings. The quantitative estimate of drug-likeness (QED) is 0.356. The fraction of sp³-hybridized carbons (Fsp3) is 0.179. The Morgan fingerprint density at radius 1 is 0.750 bits per heavy atom. The zero-order chi connectivity index (χ0) is 25.1. The summed E-state index contributed by atoms with van der Waals surface area (Å²) in [5.41, 5.74) is 4.12. The number of aryl methyl sites for hydroxylation is 2. The van der Waals surface area contributed by atoms with Crippen LogP contribution in [-0.2, 0) is 19.8 Å². The van der Waals surface area contributed by atoms with Crippen LogP contribution in [0.2, 0.25) is 0 Å². The number of aliphatic imine (C=N–C) groups is 1. The van der Waals surface area contributed by atoms with Gasteiger partial charge in [0.2, 0.25) is 0 Å². The van der Waals surface area contributed by atoms with Gasteiger partial charge < -0.3 is 0 Å². The minimum absolute atomic E-state index is 0.184. The summed E-state index contributed by atoms with van der Waals surface area (Å²) in [5, 5.41) is 20.2. The Hall–Kier alpha value is -3.27. The molecule has 5 rings (SSSR count). The molecule has 1 aliphatic heterocycles. The third-order valence-corrected chi connectivity index (χ3v) is 15.4. The first-order chi connectivity index (χ1) is 17.6. The molecule has 0 saturated carbocycles. The molecule has 3 heterocycles. The van der Waals surface area contributed by atoms with E-state index < -0.39 is 19.2 Å². The number of rotatable bonds is 4. The predicted octanol–water partition coefficient (Wildman–Crippen LogP) is 2.72. The Kier molecular flexibility index (Phi) is 7.04. The molecule has 0 aliphatic carbocycles. The third kappa shape index (κ3) is 4.38. The van der Waals surface area contributed by atoms with E-state index >= 15 is 0 Å². The Morgan fingerprint density at radius 2 is 1.28 bits per heavy atom. The maximum absolute atomic E-state index is 10.1. The number of benzene rings is 2. The Balaban J connectivity index is 1.89. The van der Waals surface area contributed by atoms with Crippen LogP contribution >= 0.6 is 0 Å². The number of hydrogen-bond donors (Lipinski definition) is 2. The van der Waals surface area contributed by atoms with Crippen LogP contribution in [-0.4, -0.2) is 45.6 Å². The summed E-state index contributed by atoms with van der Waals surface area (Å²) >= 11 is -4.58. The van der Waals surface area contributed by atoms with Crippen molar-refractivity contribution in [1.29, 1.82) is 0 Å². The molecule has 8 heteroatoms. The Bertz CT molecular complexity index is 1370. The maximum atomic E-state index is 10.1. The van der Waals surface area contributed by atoms with Crippen LogP contribution < -0.4 is 13.3 Å². The van der Waals surface area contributed by atoms with Gasteiger partial charge in [-0.1, -0.05) is 0 Å². The molecule has 0 spiro atoms. The molecule has 2 N–H and O–H groups in total. The van der Waals surface area contributed by atoms with Crippen molar-refractivity contribution in [3.8, 4) is 11.5 Å². The van der Waals surface area contributed by atoms with Crippen molar-refractivity contribution in [3.05, 3.63) is 107 Å². The first kappa shape index (κ1) is 24.4. The third-order valence-electron chi connectivity index (χ3n) is 6.35. The molecular formula is C28H27N3O4Sn. The van der Waals surface area contributed by atoms with Gasteiger partial charge in [-0.2, -0.15) is 0 Å². The molecule has 2 aromatic carbocycles. The average molecular weight is 588 g/mol. The monoisotopic (exact) mass is 589 g/mol. The molecule has 0 atom stereocenters. The van der Waals surface area contributed by atoms with Crippen LogP contribution in [0.1, 0.15) is 33.6 Å². The van der Waals surface area contributed by atoms with Gasteiger partial charge in [0.1, 0.15) is 0 Å². The molecule has 0 saturated heterocycles. The minimum atomic E-state index is -4.58. The van der Waals surface area contributed by atoms with Gasteiger partial charge in [-0.3, -0.25) is 0 Å². The molecule has 0 fully saturated rings. The molecule has 182 valence electrons. The van der Waals surface area contributed by atoms with Gasteiger partial charge in [-0.05, 0) is 0 Å². The standard InChI is InChI=1S/C16H19N3O4.2C6H5.Sn/c1-9-15(22)13(11(7-20)3-18-9)5-17-6-14-12(8-21)4-19-10(2)16(14)23;2*1-2-4-6-5-3-1;/h3-5,20-23H,6-8H2,1-2H3;2*1-5H;/q;;;+2/p-2. The van der Waals surface area contributed by atoms with Gasteiger partial charge in [0, 0.05) is 0 Å². The molecule has 0 amide bonds. The second-order valence-electron chi connectivity index (χ2n) is 8.63. The zero-order valence-corrected chi connectivity index (χ0v) is 23.0. The van der Waals surface area contributed by atoms with Gasteiger partial charge in [0.25, 0.3) is 0 Å². The van der Waals surface area contributed by atoms with Crippen LogP contribution in [0, 0.1) is 13.8 Å². The first-order valence-electron chi connectivity index (χ1n) is 11.7. The summed E-state index contributed by atoms with van der Waals surface area (Å²) in [5.74, 6) is 1.15. The van der Waals surface area contributed by atoms with Crippen molar-refractivity contribution >= 4 is 32.6 Å². The topological polar surface area (TPSA) is 97.1 Å². The number of aliphatic hydroxyl groups excluding tert-OH is 2. The van der Waals surface area contributed by atoms with E-state index in [9.17, 15) is 10.2 Å². The molecule has 36 heavy (non-hydrogen) atoms.